The van der Waals surface area contributed by atoms with Crippen molar-refractivity contribution in [3.63, 3.8) is 0 Å². The van der Waals surface area contributed by atoms with Crippen LogP contribution in [0.2, 0.25) is 0 Å². The van der Waals surface area contributed by atoms with Crippen molar-refractivity contribution in [1.82, 2.24) is 15.6 Å². The molecule has 0 aliphatic heterocycles. The van der Waals surface area contributed by atoms with Crippen LogP contribution in [0.15, 0.2) is 66.9 Å². The summed E-state index contributed by atoms with van der Waals surface area (Å²) in [4.78, 5) is 16.3. The van der Waals surface area contributed by atoms with Crippen LogP contribution in [0.3, 0.4) is 0 Å². The van der Waals surface area contributed by atoms with Crippen LogP contribution in [-0.4, -0.2) is 25.0 Å². The fraction of sp³-hybridized carbons (Fsp3) is 0.308. The van der Waals surface area contributed by atoms with Crippen molar-refractivity contribution in [2.24, 2.45) is 0 Å². The number of aryl methyl sites for hydroxylation is 2. The molecule has 0 aliphatic rings. The number of methoxy groups -OCH3 is 1. The van der Waals surface area contributed by atoms with Crippen LogP contribution < -0.4 is 15.4 Å². The van der Waals surface area contributed by atoms with E-state index in [2.05, 4.69) is 15.6 Å². The maximum Gasteiger partial charge on any atom is 0.433 e. The highest BCUT2D eigenvalue weighted by atomic mass is 19.4. The Balaban J connectivity index is 1.89. The first kappa shape index (κ1) is 25.2. The molecule has 3 aromatic rings. The van der Waals surface area contributed by atoms with E-state index in [9.17, 15) is 18.0 Å². The fourth-order valence-corrected chi connectivity index (χ4v) is 3.76. The number of hydrogen-bond acceptors (Lipinski definition) is 4. The summed E-state index contributed by atoms with van der Waals surface area (Å²) in [6.07, 6.45) is -2.23. The van der Waals surface area contributed by atoms with E-state index in [1.165, 1.54) is 12.3 Å². The Kier molecular flexibility index (Phi) is 8.28. The third-order valence-corrected chi connectivity index (χ3v) is 5.68. The molecular formula is C26H28F3N3O2. The molecule has 1 amide bonds. The average Bonchev–Trinajstić information content (AvgIpc) is 2.84. The molecule has 0 saturated heterocycles. The van der Waals surface area contributed by atoms with Gasteiger partial charge in [0, 0.05) is 19.3 Å². The number of hydrogen-bond donors (Lipinski definition) is 2. The predicted octanol–water partition coefficient (Wildman–Crippen LogP) is 5.17. The number of halogens is 3. The summed E-state index contributed by atoms with van der Waals surface area (Å²) in [6.45, 7) is 1.94. The molecule has 3 rings (SSSR count). The van der Waals surface area contributed by atoms with E-state index in [1.54, 1.807) is 14.2 Å². The Labute approximate surface area is 197 Å². The SMILES string of the molecule is CNC(=O)C(NC(CCc1ccc(C(F)(F)F)nc1)c1ccc(C)c(OC)c1)c1ccccc1. The second-order valence-corrected chi connectivity index (χ2v) is 7.99. The van der Waals surface area contributed by atoms with Gasteiger partial charge in [-0.05, 0) is 54.2 Å². The number of amides is 1. The lowest BCUT2D eigenvalue weighted by molar-refractivity contribution is -0.141. The van der Waals surface area contributed by atoms with Crippen LogP contribution in [0.5, 0.6) is 5.75 Å². The smallest absolute Gasteiger partial charge is 0.433 e. The number of nitrogens with one attached hydrogen (secondary N) is 2. The second kappa shape index (κ2) is 11.2. The van der Waals surface area contributed by atoms with Gasteiger partial charge < -0.3 is 10.1 Å². The van der Waals surface area contributed by atoms with E-state index in [-0.39, 0.29) is 11.9 Å². The van der Waals surface area contributed by atoms with Gasteiger partial charge in [-0.1, -0.05) is 48.5 Å². The van der Waals surface area contributed by atoms with E-state index in [0.717, 1.165) is 28.5 Å². The predicted molar refractivity (Wildman–Crippen MR) is 124 cm³/mol. The van der Waals surface area contributed by atoms with Gasteiger partial charge in [0.05, 0.1) is 7.11 Å². The van der Waals surface area contributed by atoms with Crippen molar-refractivity contribution in [2.45, 2.75) is 38.0 Å². The minimum Gasteiger partial charge on any atom is -0.496 e. The van der Waals surface area contributed by atoms with Gasteiger partial charge in [-0.25, -0.2) is 0 Å². The van der Waals surface area contributed by atoms with Crippen molar-refractivity contribution in [3.05, 3.63) is 94.8 Å². The number of pyridine rings is 1. The molecule has 2 atom stereocenters. The Morgan fingerprint density at radius 3 is 2.38 bits per heavy atom. The van der Waals surface area contributed by atoms with Gasteiger partial charge in [-0.2, -0.15) is 13.2 Å². The number of rotatable bonds is 9. The molecule has 0 saturated carbocycles. The van der Waals surface area contributed by atoms with Crippen molar-refractivity contribution in [3.8, 4) is 5.75 Å². The number of likely N-dealkylation sites (N-methyl/N-ethyl adjacent to an activating group) is 1. The van der Waals surface area contributed by atoms with Crippen LogP contribution in [0.4, 0.5) is 13.2 Å². The van der Waals surface area contributed by atoms with Gasteiger partial charge in [0.15, 0.2) is 0 Å². The van der Waals surface area contributed by atoms with Crippen LogP contribution in [0.1, 0.15) is 46.5 Å². The zero-order chi connectivity index (χ0) is 24.7. The summed E-state index contributed by atoms with van der Waals surface area (Å²) in [5, 5.41) is 6.15. The zero-order valence-electron chi connectivity index (χ0n) is 19.3. The monoisotopic (exact) mass is 471 g/mol. The Morgan fingerprint density at radius 1 is 1.06 bits per heavy atom. The van der Waals surface area contributed by atoms with E-state index in [0.29, 0.717) is 18.4 Å². The molecule has 0 bridgehead atoms. The lowest BCUT2D eigenvalue weighted by Crippen LogP contribution is -2.38. The van der Waals surface area contributed by atoms with Gasteiger partial charge in [-0.15, -0.1) is 0 Å². The molecule has 180 valence electrons. The number of aromatic nitrogens is 1. The number of alkyl halides is 3. The molecule has 0 spiro atoms. The highest BCUT2D eigenvalue weighted by molar-refractivity contribution is 5.83. The lowest BCUT2D eigenvalue weighted by atomic mass is 9.95. The molecule has 1 heterocycles. The number of ether oxygens (including phenoxy) is 1. The molecule has 1 aromatic heterocycles. The van der Waals surface area contributed by atoms with Gasteiger partial charge in [-0.3, -0.25) is 15.1 Å². The summed E-state index contributed by atoms with van der Waals surface area (Å²) in [5.74, 6) is 0.531. The molecule has 2 N–H and O–H groups in total. The standard InChI is InChI=1S/C26H28F3N3O2/c1-17-9-12-20(15-22(17)34-3)21(13-10-18-11-14-23(31-16-18)26(27,28)29)32-24(25(33)30-2)19-7-5-4-6-8-19/h4-9,11-12,14-16,21,24,32H,10,13H2,1-3H3,(H,30,33). The van der Waals surface area contributed by atoms with Crippen LogP contribution >= 0.6 is 0 Å². The third kappa shape index (κ3) is 6.35. The number of benzene rings is 2. The van der Waals surface area contributed by atoms with Crippen LogP contribution in [-0.2, 0) is 17.4 Å². The topological polar surface area (TPSA) is 63.2 Å². The van der Waals surface area contributed by atoms with Crippen LogP contribution in [0.25, 0.3) is 0 Å². The molecule has 5 nitrogen and oxygen atoms in total. The molecule has 0 aliphatic carbocycles. The summed E-state index contributed by atoms with van der Waals surface area (Å²) < 4.78 is 44.0. The van der Waals surface area contributed by atoms with Gasteiger partial charge in [0.25, 0.3) is 0 Å². The number of carbonyl (C=O) groups is 1. The van der Waals surface area contributed by atoms with Crippen molar-refractivity contribution in [1.29, 1.82) is 0 Å². The minimum atomic E-state index is -4.47. The normalized spacial score (nSPS) is 13.2. The van der Waals surface area contributed by atoms with E-state index >= 15 is 0 Å². The first-order valence-corrected chi connectivity index (χ1v) is 10.9. The Morgan fingerprint density at radius 2 is 1.79 bits per heavy atom. The van der Waals surface area contributed by atoms with Gasteiger partial charge in [0.1, 0.15) is 17.5 Å². The first-order valence-electron chi connectivity index (χ1n) is 10.9. The Hall–Kier alpha value is -3.39. The van der Waals surface area contributed by atoms with Gasteiger partial charge in [0.2, 0.25) is 5.91 Å². The zero-order valence-corrected chi connectivity index (χ0v) is 19.3. The van der Waals surface area contributed by atoms with Crippen molar-refractivity contribution < 1.29 is 22.7 Å². The van der Waals surface area contributed by atoms with Crippen molar-refractivity contribution >= 4 is 5.91 Å². The number of carbonyl (C=O) groups excluding carboxylic acids is 1. The average molecular weight is 472 g/mol. The summed E-state index contributed by atoms with van der Waals surface area (Å²) in [6, 6.07) is 16.7. The second-order valence-electron chi connectivity index (χ2n) is 7.99. The molecule has 0 fully saturated rings. The largest absolute Gasteiger partial charge is 0.496 e. The maximum atomic E-state index is 12.9. The fourth-order valence-electron chi connectivity index (χ4n) is 3.76. The molecule has 34 heavy (non-hydrogen) atoms. The lowest BCUT2D eigenvalue weighted by Gasteiger charge is -2.26. The van der Waals surface area contributed by atoms with Crippen molar-refractivity contribution in [2.75, 3.05) is 14.2 Å². The summed E-state index contributed by atoms with van der Waals surface area (Å²) in [7, 11) is 3.18. The summed E-state index contributed by atoms with van der Waals surface area (Å²) >= 11 is 0. The molecule has 0 radical (unpaired) electrons. The number of nitrogens with zero attached hydrogens (tertiary/aromatic N) is 1. The summed E-state index contributed by atoms with van der Waals surface area (Å²) in [5.41, 5.74) is 2.45. The molecule has 8 heteroatoms. The van der Waals surface area contributed by atoms with E-state index in [4.69, 9.17) is 4.74 Å². The first-order chi connectivity index (χ1) is 16.2. The molecular weight excluding hydrogens is 443 g/mol. The highest BCUT2D eigenvalue weighted by Crippen LogP contribution is 2.30. The quantitative estimate of drug-likeness (QED) is 0.452. The van der Waals surface area contributed by atoms with Gasteiger partial charge >= 0.3 is 6.18 Å². The maximum absolute atomic E-state index is 12.9. The Bertz CT molecular complexity index is 1090. The minimum absolute atomic E-state index is 0.188. The highest BCUT2D eigenvalue weighted by Gasteiger charge is 2.32. The molecule has 2 aromatic carbocycles. The van der Waals surface area contributed by atoms with Crippen LogP contribution in [0, 0.1) is 6.92 Å². The molecule has 2 unspecified atom stereocenters. The van der Waals surface area contributed by atoms with E-state index < -0.39 is 17.9 Å². The third-order valence-electron chi connectivity index (χ3n) is 5.68. The van der Waals surface area contributed by atoms with E-state index in [1.807, 2.05) is 55.5 Å².